The molecule has 132 valence electrons. The third kappa shape index (κ3) is 2.06. The summed E-state index contributed by atoms with van der Waals surface area (Å²) in [6.07, 6.45) is 7.97. The summed E-state index contributed by atoms with van der Waals surface area (Å²) in [4.78, 5) is 24.1. The quantitative estimate of drug-likeness (QED) is 0.797. The van der Waals surface area contributed by atoms with Crippen molar-refractivity contribution in [3.05, 3.63) is 11.6 Å². The summed E-state index contributed by atoms with van der Waals surface area (Å²) < 4.78 is 0. The maximum Gasteiger partial charge on any atom is 0.155 e. The number of aliphatic hydroxyl groups is 1. The minimum Gasteiger partial charge on any atom is -0.389 e. The van der Waals surface area contributed by atoms with Crippen LogP contribution in [-0.2, 0) is 9.59 Å². The van der Waals surface area contributed by atoms with E-state index >= 15 is 0 Å². The lowest BCUT2D eigenvalue weighted by atomic mass is 9.46. The maximum atomic E-state index is 12.2. The fraction of sp³-hybridized carbons (Fsp3) is 0.810. The summed E-state index contributed by atoms with van der Waals surface area (Å²) in [5.41, 5.74) is 1.10. The Hall–Kier alpha value is -0.960. The van der Waals surface area contributed by atoms with Crippen LogP contribution in [0.1, 0.15) is 65.7 Å². The van der Waals surface area contributed by atoms with E-state index in [9.17, 15) is 14.7 Å². The molecule has 4 aliphatic carbocycles. The average Bonchev–Trinajstić information content (AvgIpc) is 2.87. The van der Waals surface area contributed by atoms with Gasteiger partial charge < -0.3 is 5.11 Å². The first-order valence-electron chi connectivity index (χ1n) is 9.71. The molecule has 7 atom stereocenters. The van der Waals surface area contributed by atoms with Crippen LogP contribution < -0.4 is 0 Å². The van der Waals surface area contributed by atoms with Crippen molar-refractivity contribution in [1.29, 1.82) is 0 Å². The van der Waals surface area contributed by atoms with E-state index in [0.717, 1.165) is 44.1 Å². The Morgan fingerprint density at radius 2 is 1.92 bits per heavy atom. The third-order valence-corrected chi connectivity index (χ3v) is 8.47. The molecule has 0 unspecified atom stereocenters. The minimum absolute atomic E-state index is 0.0219. The van der Waals surface area contributed by atoms with Gasteiger partial charge >= 0.3 is 0 Å². The summed E-state index contributed by atoms with van der Waals surface area (Å²) >= 11 is 0. The highest BCUT2D eigenvalue weighted by Crippen LogP contribution is 2.66. The van der Waals surface area contributed by atoms with Gasteiger partial charge in [0.2, 0.25) is 0 Å². The zero-order valence-corrected chi connectivity index (χ0v) is 15.2. The fourth-order valence-electron chi connectivity index (χ4n) is 7.27. The molecular weight excluding hydrogens is 300 g/mol. The number of fused-ring (bicyclic) bond motifs is 5. The second kappa shape index (κ2) is 5.27. The lowest BCUT2D eigenvalue weighted by Crippen LogP contribution is -2.54. The van der Waals surface area contributed by atoms with Gasteiger partial charge in [-0.1, -0.05) is 13.8 Å². The van der Waals surface area contributed by atoms with Gasteiger partial charge in [0.15, 0.2) is 5.78 Å². The number of carbonyl (C=O) groups excluding carboxylic acids is 2. The molecule has 0 spiro atoms. The lowest BCUT2D eigenvalue weighted by molar-refractivity contribution is -0.130. The molecule has 3 fully saturated rings. The van der Waals surface area contributed by atoms with Crippen LogP contribution in [0.2, 0.25) is 0 Å². The van der Waals surface area contributed by atoms with Crippen LogP contribution in [0.25, 0.3) is 0 Å². The smallest absolute Gasteiger partial charge is 0.155 e. The van der Waals surface area contributed by atoms with Crippen molar-refractivity contribution in [3.63, 3.8) is 0 Å². The van der Waals surface area contributed by atoms with E-state index in [4.69, 9.17) is 0 Å². The van der Waals surface area contributed by atoms with Crippen LogP contribution in [0.15, 0.2) is 11.6 Å². The highest BCUT2D eigenvalue weighted by molar-refractivity contribution is 5.91. The van der Waals surface area contributed by atoms with Crippen molar-refractivity contribution in [2.75, 3.05) is 0 Å². The number of carbonyl (C=O) groups is 2. The largest absolute Gasteiger partial charge is 0.389 e. The van der Waals surface area contributed by atoms with E-state index in [1.165, 1.54) is 0 Å². The molecule has 0 aromatic rings. The van der Waals surface area contributed by atoms with E-state index in [-0.39, 0.29) is 22.5 Å². The van der Waals surface area contributed by atoms with Gasteiger partial charge in [0.05, 0.1) is 6.10 Å². The summed E-state index contributed by atoms with van der Waals surface area (Å²) in [5.74, 6) is 2.35. The molecule has 0 aromatic heterocycles. The predicted molar refractivity (Wildman–Crippen MR) is 92.3 cm³/mol. The first kappa shape index (κ1) is 16.5. The SMILES string of the molecule is CC(=O)[C@H]1CC[C@H]2[C@@H]3C[C@@H](O)C4=CC(=O)CC[C@@]4(C)[C@@H]3CC[C@]12C. The van der Waals surface area contributed by atoms with Gasteiger partial charge in [0.1, 0.15) is 5.78 Å². The lowest BCUT2D eigenvalue weighted by Gasteiger charge is -2.59. The van der Waals surface area contributed by atoms with E-state index in [1.54, 1.807) is 13.0 Å². The predicted octanol–water partition coefficient (Wildman–Crippen LogP) is 3.69. The molecule has 0 radical (unpaired) electrons. The van der Waals surface area contributed by atoms with Gasteiger partial charge in [-0.3, -0.25) is 9.59 Å². The second-order valence-corrected chi connectivity index (χ2v) is 9.40. The Labute approximate surface area is 144 Å². The van der Waals surface area contributed by atoms with Crippen molar-refractivity contribution in [2.45, 2.75) is 71.8 Å². The van der Waals surface area contributed by atoms with Gasteiger partial charge in [0, 0.05) is 12.3 Å². The van der Waals surface area contributed by atoms with Crippen LogP contribution in [0.3, 0.4) is 0 Å². The summed E-state index contributed by atoms with van der Waals surface area (Å²) in [7, 11) is 0. The van der Waals surface area contributed by atoms with Gasteiger partial charge in [-0.05, 0) is 85.7 Å². The number of aliphatic hydroxyl groups excluding tert-OH is 1. The minimum atomic E-state index is -0.473. The highest BCUT2D eigenvalue weighted by Gasteiger charge is 2.61. The summed E-state index contributed by atoms with van der Waals surface area (Å²) in [6, 6.07) is 0. The molecule has 4 aliphatic rings. The van der Waals surface area contributed by atoms with Gasteiger partial charge in [-0.25, -0.2) is 0 Å². The van der Waals surface area contributed by atoms with Crippen LogP contribution in [0, 0.1) is 34.5 Å². The van der Waals surface area contributed by atoms with Crippen LogP contribution in [0.5, 0.6) is 0 Å². The number of rotatable bonds is 1. The molecule has 1 N–H and O–H groups in total. The van der Waals surface area contributed by atoms with Crippen LogP contribution >= 0.6 is 0 Å². The molecule has 0 bridgehead atoms. The van der Waals surface area contributed by atoms with E-state index in [2.05, 4.69) is 13.8 Å². The van der Waals surface area contributed by atoms with Gasteiger partial charge in [-0.2, -0.15) is 0 Å². The summed E-state index contributed by atoms with van der Waals surface area (Å²) in [6.45, 7) is 6.37. The maximum absolute atomic E-state index is 12.2. The molecular formula is C21H30O3. The Morgan fingerprint density at radius 1 is 1.17 bits per heavy atom. The Kier molecular flexibility index (Phi) is 3.62. The highest BCUT2D eigenvalue weighted by atomic mass is 16.3. The number of Topliss-reactive ketones (excluding diaryl/α,β-unsaturated/α-hetero) is 1. The van der Waals surface area contributed by atoms with Gasteiger partial charge in [0.25, 0.3) is 0 Å². The van der Waals surface area contributed by atoms with Crippen LogP contribution in [0.4, 0.5) is 0 Å². The molecule has 3 nitrogen and oxygen atoms in total. The van der Waals surface area contributed by atoms with Crippen LogP contribution in [-0.4, -0.2) is 22.8 Å². The molecule has 0 saturated heterocycles. The van der Waals surface area contributed by atoms with E-state index in [1.807, 2.05) is 0 Å². The molecule has 3 heteroatoms. The fourth-order valence-corrected chi connectivity index (χ4v) is 7.27. The molecule has 3 saturated carbocycles. The van der Waals surface area contributed by atoms with Crippen molar-refractivity contribution < 1.29 is 14.7 Å². The van der Waals surface area contributed by atoms with E-state index in [0.29, 0.717) is 30.0 Å². The van der Waals surface area contributed by atoms with Crippen molar-refractivity contribution in [2.24, 2.45) is 34.5 Å². The third-order valence-electron chi connectivity index (χ3n) is 8.47. The second-order valence-electron chi connectivity index (χ2n) is 9.40. The molecule has 0 aromatic carbocycles. The number of ketones is 2. The van der Waals surface area contributed by atoms with E-state index < -0.39 is 6.10 Å². The zero-order chi connectivity index (χ0) is 17.3. The molecule has 0 amide bonds. The first-order chi connectivity index (χ1) is 11.3. The first-order valence-corrected chi connectivity index (χ1v) is 9.71. The molecule has 0 aliphatic heterocycles. The Balaban J connectivity index is 1.71. The number of hydrogen-bond acceptors (Lipinski definition) is 3. The number of hydrogen-bond donors (Lipinski definition) is 1. The normalized spacial score (nSPS) is 50.6. The van der Waals surface area contributed by atoms with Crippen molar-refractivity contribution in [1.82, 2.24) is 0 Å². The topological polar surface area (TPSA) is 54.4 Å². The van der Waals surface area contributed by atoms with Crippen molar-refractivity contribution >= 4 is 11.6 Å². The molecule has 0 heterocycles. The Bertz CT molecular complexity index is 621. The van der Waals surface area contributed by atoms with Crippen molar-refractivity contribution in [3.8, 4) is 0 Å². The molecule has 24 heavy (non-hydrogen) atoms. The zero-order valence-electron chi connectivity index (χ0n) is 15.2. The van der Waals surface area contributed by atoms with Gasteiger partial charge in [-0.15, -0.1) is 0 Å². The standard InChI is InChI=1S/C21H30O3/c1-12(22)15-4-5-16-14-11-19(24)18-10-13(23)6-8-21(18,3)17(14)7-9-20(15,16)2/h10,14-17,19,24H,4-9,11H2,1-3H3/t14-,15+,16-,17+,19+,20+,21-/m0/s1. The average molecular weight is 330 g/mol. The summed E-state index contributed by atoms with van der Waals surface area (Å²) in [5, 5.41) is 10.8. The monoisotopic (exact) mass is 330 g/mol. The Morgan fingerprint density at radius 3 is 2.62 bits per heavy atom. The molecule has 4 rings (SSSR count).